The molecule has 1 aromatic heterocycles. The Bertz CT molecular complexity index is 780. The number of quaternary nitrogens is 1. The van der Waals surface area contributed by atoms with Crippen LogP contribution in [0.25, 0.3) is 0 Å². The van der Waals surface area contributed by atoms with Gasteiger partial charge in [0.2, 0.25) is 5.78 Å². The van der Waals surface area contributed by atoms with Crippen LogP contribution in [0.5, 0.6) is 0 Å². The van der Waals surface area contributed by atoms with Crippen LogP contribution in [0.15, 0.2) is 24.3 Å². The third kappa shape index (κ3) is 3.46. The summed E-state index contributed by atoms with van der Waals surface area (Å²) in [6.07, 6.45) is 0. The summed E-state index contributed by atoms with van der Waals surface area (Å²) in [5.41, 5.74) is 3.03. The quantitative estimate of drug-likeness (QED) is 0.798. The number of benzene rings is 1. The molecule has 5 heteroatoms. The normalized spacial score (nSPS) is 13.6. The average Bonchev–Trinajstić information content (AvgIpc) is 2.82. The SMILES string of the molecule is CC(=O)c1c(C)[nH]c(C(=O)[C@H](C)[NH+](C)Cc2ccccc2F)c1C. The van der Waals surface area contributed by atoms with E-state index in [0.29, 0.717) is 34.6 Å². The monoisotopic (exact) mass is 331 g/mol. The Morgan fingerprint density at radius 1 is 1.25 bits per heavy atom. The molecule has 0 bridgehead atoms. The number of rotatable bonds is 6. The van der Waals surface area contributed by atoms with Crippen molar-refractivity contribution in [3.05, 3.63) is 58.2 Å². The largest absolute Gasteiger partial charge is 0.355 e. The fourth-order valence-corrected chi connectivity index (χ4v) is 3.06. The molecular formula is C19H24FN2O2+. The van der Waals surface area contributed by atoms with Gasteiger partial charge in [0.15, 0.2) is 11.8 Å². The first-order chi connectivity index (χ1) is 11.2. The Kier molecular flexibility index (Phi) is 5.34. The number of hydrogen-bond acceptors (Lipinski definition) is 2. The van der Waals surface area contributed by atoms with Crippen LogP contribution in [-0.4, -0.2) is 29.6 Å². The molecule has 0 spiro atoms. The average molecular weight is 331 g/mol. The summed E-state index contributed by atoms with van der Waals surface area (Å²) in [5, 5.41) is 0. The standard InChI is InChI=1S/C19H23FN2O2/c1-11-17(14(4)23)12(2)21-18(11)19(24)13(3)22(5)10-15-8-6-7-9-16(15)20/h6-9,13,21H,10H2,1-5H3/p+1/t13-/m0/s1. The van der Waals surface area contributed by atoms with E-state index in [1.165, 1.54) is 13.0 Å². The number of halogens is 1. The van der Waals surface area contributed by atoms with Crippen molar-refractivity contribution in [3.63, 3.8) is 0 Å². The lowest BCUT2D eigenvalue weighted by Gasteiger charge is -2.21. The molecule has 128 valence electrons. The van der Waals surface area contributed by atoms with Gasteiger partial charge in [-0.2, -0.15) is 0 Å². The highest BCUT2D eigenvalue weighted by atomic mass is 19.1. The number of carbonyl (C=O) groups is 2. The second kappa shape index (κ2) is 7.09. The highest BCUT2D eigenvalue weighted by molar-refractivity contribution is 6.04. The van der Waals surface area contributed by atoms with Gasteiger partial charge in [-0.1, -0.05) is 18.2 Å². The number of aryl methyl sites for hydroxylation is 1. The lowest BCUT2D eigenvalue weighted by Crippen LogP contribution is -3.12. The maximum absolute atomic E-state index is 13.8. The predicted molar refractivity (Wildman–Crippen MR) is 91.1 cm³/mol. The third-order valence-corrected chi connectivity index (χ3v) is 4.60. The van der Waals surface area contributed by atoms with Gasteiger partial charge in [-0.15, -0.1) is 0 Å². The van der Waals surface area contributed by atoms with Crippen LogP contribution in [0.4, 0.5) is 4.39 Å². The van der Waals surface area contributed by atoms with Crippen LogP contribution in [0, 0.1) is 19.7 Å². The summed E-state index contributed by atoms with van der Waals surface area (Å²) in [4.78, 5) is 28.5. The Morgan fingerprint density at radius 2 is 1.88 bits per heavy atom. The van der Waals surface area contributed by atoms with E-state index in [9.17, 15) is 14.0 Å². The maximum Gasteiger partial charge on any atom is 0.235 e. The third-order valence-electron chi connectivity index (χ3n) is 4.60. The molecule has 0 fully saturated rings. The summed E-state index contributed by atoms with van der Waals surface area (Å²) >= 11 is 0. The molecule has 0 amide bonds. The van der Waals surface area contributed by atoms with Crippen molar-refractivity contribution in [2.24, 2.45) is 0 Å². The Balaban J connectivity index is 2.22. The Morgan fingerprint density at radius 3 is 2.42 bits per heavy atom. The van der Waals surface area contributed by atoms with Crippen LogP contribution >= 0.6 is 0 Å². The van der Waals surface area contributed by atoms with Gasteiger partial charge in [0.25, 0.3) is 0 Å². The Hall–Kier alpha value is -2.27. The van der Waals surface area contributed by atoms with Crippen molar-refractivity contribution in [3.8, 4) is 0 Å². The minimum absolute atomic E-state index is 0.0555. The van der Waals surface area contributed by atoms with E-state index in [1.807, 2.05) is 14.0 Å². The predicted octanol–water partition coefficient (Wildman–Crippen LogP) is 2.26. The van der Waals surface area contributed by atoms with E-state index in [0.717, 1.165) is 4.90 Å². The van der Waals surface area contributed by atoms with Crippen molar-refractivity contribution < 1.29 is 18.9 Å². The van der Waals surface area contributed by atoms with E-state index in [-0.39, 0.29) is 23.4 Å². The van der Waals surface area contributed by atoms with Gasteiger partial charge >= 0.3 is 0 Å². The fraction of sp³-hybridized carbons (Fsp3) is 0.368. The summed E-state index contributed by atoms with van der Waals surface area (Å²) in [6, 6.07) is 6.23. The van der Waals surface area contributed by atoms with Crippen LogP contribution in [0.2, 0.25) is 0 Å². The lowest BCUT2D eigenvalue weighted by atomic mass is 10.0. The number of likely N-dealkylation sites (N-methyl/N-ethyl adjacent to an activating group) is 1. The van der Waals surface area contributed by atoms with Crippen LogP contribution in [-0.2, 0) is 6.54 Å². The molecule has 1 heterocycles. The number of nitrogens with one attached hydrogen (secondary N) is 2. The highest BCUT2D eigenvalue weighted by Gasteiger charge is 2.28. The number of aromatic nitrogens is 1. The molecule has 2 aromatic rings. The Labute approximate surface area is 141 Å². The molecule has 0 aliphatic heterocycles. The van der Waals surface area contributed by atoms with Gasteiger partial charge < -0.3 is 9.88 Å². The molecular weight excluding hydrogens is 307 g/mol. The number of ketones is 2. The minimum atomic E-state index is -0.360. The number of carbonyl (C=O) groups excluding carboxylic acids is 2. The maximum atomic E-state index is 13.8. The van der Waals surface area contributed by atoms with Gasteiger partial charge in [-0.25, -0.2) is 4.39 Å². The second-order valence-corrected chi connectivity index (χ2v) is 6.38. The van der Waals surface area contributed by atoms with E-state index in [2.05, 4.69) is 4.98 Å². The highest BCUT2D eigenvalue weighted by Crippen LogP contribution is 2.19. The first-order valence-electron chi connectivity index (χ1n) is 8.04. The zero-order valence-corrected chi connectivity index (χ0v) is 14.8. The number of aromatic amines is 1. The van der Waals surface area contributed by atoms with Gasteiger partial charge in [-0.05, 0) is 39.3 Å². The molecule has 2 atom stereocenters. The summed E-state index contributed by atoms with van der Waals surface area (Å²) in [5.74, 6) is -0.390. The van der Waals surface area contributed by atoms with Crippen molar-refractivity contribution in [1.29, 1.82) is 0 Å². The van der Waals surface area contributed by atoms with Gasteiger partial charge in [0.1, 0.15) is 12.4 Å². The molecule has 0 aliphatic carbocycles. The zero-order valence-electron chi connectivity index (χ0n) is 14.8. The minimum Gasteiger partial charge on any atom is -0.355 e. The zero-order chi connectivity index (χ0) is 18.0. The molecule has 0 saturated carbocycles. The number of H-pyrrole nitrogens is 1. The molecule has 2 N–H and O–H groups in total. The lowest BCUT2D eigenvalue weighted by molar-refractivity contribution is -0.907. The first kappa shape index (κ1) is 18.1. The van der Waals surface area contributed by atoms with Crippen LogP contribution in [0.3, 0.4) is 0 Å². The van der Waals surface area contributed by atoms with Crippen molar-refractivity contribution >= 4 is 11.6 Å². The van der Waals surface area contributed by atoms with Crippen molar-refractivity contribution in [2.75, 3.05) is 7.05 Å². The van der Waals surface area contributed by atoms with E-state index in [1.54, 1.807) is 32.0 Å². The van der Waals surface area contributed by atoms with Gasteiger partial charge in [0.05, 0.1) is 12.7 Å². The van der Waals surface area contributed by atoms with E-state index >= 15 is 0 Å². The number of Topliss-reactive ketones (excluding diaryl/α,β-unsaturated/α-hetero) is 2. The molecule has 0 aliphatic rings. The molecule has 4 nitrogen and oxygen atoms in total. The smallest absolute Gasteiger partial charge is 0.235 e. The first-order valence-corrected chi connectivity index (χ1v) is 8.04. The van der Waals surface area contributed by atoms with Gasteiger partial charge in [-0.3, -0.25) is 9.59 Å². The molecule has 0 radical (unpaired) electrons. The summed E-state index contributed by atoms with van der Waals surface area (Å²) < 4.78 is 13.8. The van der Waals surface area contributed by atoms with E-state index < -0.39 is 0 Å². The summed E-state index contributed by atoms with van der Waals surface area (Å²) in [6.45, 7) is 7.31. The van der Waals surface area contributed by atoms with Crippen LogP contribution in [0.1, 0.15) is 51.5 Å². The molecule has 1 aromatic carbocycles. The van der Waals surface area contributed by atoms with E-state index in [4.69, 9.17) is 0 Å². The molecule has 2 rings (SSSR count). The number of hydrogen-bond donors (Lipinski definition) is 2. The van der Waals surface area contributed by atoms with Crippen molar-refractivity contribution in [2.45, 2.75) is 40.3 Å². The van der Waals surface area contributed by atoms with Crippen LogP contribution < -0.4 is 4.90 Å². The summed E-state index contributed by atoms with van der Waals surface area (Å²) in [7, 11) is 1.87. The molecule has 0 saturated heterocycles. The topological polar surface area (TPSA) is 54.4 Å². The fourth-order valence-electron chi connectivity index (χ4n) is 3.06. The molecule has 24 heavy (non-hydrogen) atoms. The van der Waals surface area contributed by atoms with Crippen molar-refractivity contribution in [1.82, 2.24) is 4.98 Å². The molecule has 1 unspecified atom stereocenters. The second-order valence-electron chi connectivity index (χ2n) is 6.38. The van der Waals surface area contributed by atoms with Gasteiger partial charge in [0, 0.05) is 16.8 Å².